The van der Waals surface area contributed by atoms with Crippen molar-refractivity contribution in [1.82, 2.24) is 14.6 Å². The molecule has 2 aromatic rings. The van der Waals surface area contributed by atoms with Gasteiger partial charge in [-0.1, -0.05) is 6.07 Å². The second-order valence-electron chi connectivity index (χ2n) is 7.69. The SMILES string of the molecule is COc1ccc(C(=O)NCc2ccc(N3CCOCC3)nc2)cc1S(=O)(=O)N1CCOCC1. The lowest BCUT2D eigenvalue weighted by Crippen LogP contribution is -2.40. The number of pyridine rings is 1. The maximum absolute atomic E-state index is 13.1. The van der Waals surface area contributed by atoms with E-state index in [1.165, 1.54) is 23.5 Å². The molecule has 4 rings (SSSR count). The average molecular weight is 477 g/mol. The van der Waals surface area contributed by atoms with Crippen LogP contribution >= 0.6 is 0 Å². The minimum absolute atomic E-state index is 0.0314. The predicted molar refractivity (Wildman–Crippen MR) is 121 cm³/mol. The molecule has 0 aliphatic carbocycles. The molecule has 10 nitrogen and oxygen atoms in total. The Kier molecular flexibility index (Phi) is 7.43. The Morgan fingerprint density at radius 2 is 1.76 bits per heavy atom. The molecule has 0 radical (unpaired) electrons. The third-order valence-corrected chi connectivity index (χ3v) is 7.53. The molecule has 2 aliphatic rings. The number of carbonyl (C=O) groups excluding carboxylic acids is 1. The number of aromatic nitrogens is 1. The smallest absolute Gasteiger partial charge is 0.251 e. The van der Waals surface area contributed by atoms with Crippen molar-refractivity contribution in [1.29, 1.82) is 0 Å². The first-order valence-corrected chi connectivity index (χ1v) is 12.2. The minimum Gasteiger partial charge on any atom is -0.495 e. The second kappa shape index (κ2) is 10.5. The van der Waals surface area contributed by atoms with Gasteiger partial charge in [0.15, 0.2) is 0 Å². The fourth-order valence-corrected chi connectivity index (χ4v) is 5.32. The highest BCUT2D eigenvalue weighted by Crippen LogP contribution is 2.28. The maximum atomic E-state index is 13.1. The lowest BCUT2D eigenvalue weighted by Gasteiger charge is -2.27. The largest absolute Gasteiger partial charge is 0.495 e. The van der Waals surface area contributed by atoms with E-state index in [1.54, 1.807) is 12.3 Å². The van der Waals surface area contributed by atoms with Crippen LogP contribution in [-0.2, 0) is 26.0 Å². The van der Waals surface area contributed by atoms with E-state index in [2.05, 4.69) is 15.2 Å². The molecule has 0 saturated carbocycles. The van der Waals surface area contributed by atoms with E-state index in [9.17, 15) is 13.2 Å². The molecule has 3 heterocycles. The Labute approximate surface area is 193 Å². The molecule has 1 aromatic heterocycles. The molecule has 0 atom stereocenters. The van der Waals surface area contributed by atoms with Crippen LogP contribution in [0.1, 0.15) is 15.9 Å². The number of amides is 1. The van der Waals surface area contributed by atoms with Crippen molar-refractivity contribution in [2.24, 2.45) is 0 Å². The summed E-state index contributed by atoms with van der Waals surface area (Å²) in [4.78, 5) is 19.4. The first-order chi connectivity index (χ1) is 16.0. The van der Waals surface area contributed by atoms with Gasteiger partial charge in [-0.25, -0.2) is 13.4 Å². The molecule has 11 heteroatoms. The average Bonchev–Trinajstić information content (AvgIpc) is 2.88. The predicted octanol–water partition coefficient (Wildman–Crippen LogP) is 0.878. The minimum atomic E-state index is -3.82. The monoisotopic (exact) mass is 476 g/mol. The van der Waals surface area contributed by atoms with Crippen LogP contribution in [0.25, 0.3) is 0 Å². The highest BCUT2D eigenvalue weighted by molar-refractivity contribution is 7.89. The normalized spacial score (nSPS) is 17.5. The summed E-state index contributed by atoms with van der Waals surface area (Å²) in [6, 6.07) is 8.25. The van der Waals surface area contributed by atoms with Gasteiger partial charge in [0.1, 0.15) is 16.5 Å². The summed E-state index contributed by atoms with van der Waals surface area (Å²) in [6.45, 7) is 4.43. The number of benzene rings is 1. The fraction of sp³-hybridized carbons (Fsp3) is 0.455. The Hall–Kier alpha value is -2.73. The van der Waals surface area contributed by atoms with Gasteiger partial charge in [-0.15, -0.1) is 0 Å². The topological polar surface area (TPSA) is 110 Å². The number of nitrogens with one attached hydrogen (secondary N) is 1. The number of hydrogen-bond donors (Lipinski definition) is 1. The van der Waals surface area contributed by atoms with E-state index in [0.29, 0.717) is 26.4 Å². The van der Waals surface area contributed by atoms with Crippen LogP contribution < -0.4 is 15.0 Å². The van der Waals surface area contributed by atoms with Gasteiger partial charge < -0.3 is 24.4 Å². The number of hydrogen-bond acceptors (Lipinski definition) is 8. The Balaban J connectivity index is 1.44. The third-order valence-electron chi connectivity index (χ3n) is 5.61. The summed E-state index contributed by atoms with van der Waals surface area (Å²) in [6.07, 6.45) is 1.73. The zero-order valence-corrected chi connectivity index (χ0v) is 19.3. The van der Waals surface area contributed by atoms with Crippen molar-refractivity contribution < 1.29 is 27.4 Å². The number of sulfonamides is 1. The van der Waals surface area contributed by atoms with Gasteiger partial charge in [0, 0.05) is 44.5 Å². The molecule has 1 amide bonds. The number of ether oxygens (including phenoxy) is 3. The number of carbonyl (C=O) groups is 1. The molecule has 33 heavy (non-hydrogen) atoms. The quantitative estimate of drug-likeness (QED) is 0.627. The van der Waals surface area contributed by atoms with Gasteiger partial charge in [0.2, 0.25) is 10.0 Å². The number of nitrogens with zero attached hydrogens (tertiary/aromatic N) is 3. The number of morpholine rings is 2. The molecule has 1 N–H and O–H groups in total. The van der Waals surface area contributed by atoms with E-state index >= 15 is 0 Å². The summed E-state index contributed by atoms with van der Waals surface area (Å²) in [5, 5.41) is 2.83. The Morgan fingerprint density at radius 3 is 2.39 bits per heavy atom. The molecule has 0 bridgehead atoms. The number of methoxy groups -OCH3 is 1. The highest BCUT2D eigenvalue weighted by Gasteiger charge is 2.30. The summed E-state index contributed by atoms with van der Waals surface area (Å²) < 4.78 is 43.5. The molecular weight excluding hydrogens is 448 g/mol. The van der Waals surface area contributed by atoms with Crippen LogP contribution in [0.3, 0.4) is 0 Å². The van der Waals surface area contributed by atoms with Crippen molar-refractivity contribution in [3.05, 3.63) is 47.7 Å². The zero-order valence-electron chi connectivity index (χ0n) is 18.5. The lowest BCUT2D eigenvalue weighted by atomic mass is 10.2. The van der Waals surface area contributed by atoms with Gasteiger partial charge in [0.25, 0.3) is 5.91 Å². The van der Waals surface area contributed by atoms with Crippen LogP contribution in [0.15, 0.2) is 41.4 Å². The van der Waals surface area contributed by atoms with Gasteiger partial charge >= 0.3 is 0 Å². The van der Waals surface area contributed by atoms with E-state index in [4.69, 9.17) is 14.2 Å². The standard InChI is InChI=1S/C22H28N4O6S/c1-30-19-4-3-18(14-20(19)33(28,29)26-8-12-32-13-9-26)22(27)24-16-17-2-5-21(23-15-17)25-6-10-31-11-7-25/h2-5,14-15H,6-13,16H2,1H3,(H,24,27). The molecule has 2 aliphatic heterocycles. The molecule has 178 valence electrons. The van der Waals surface area contributed by atoms with Gasteiger partial charge in [-0.2, -0.15) is 4.31 Å². The van der Waals surface area contributed by atoms with E-state index in [-0.39, 0.29) is 41.7 Å². The second-order valence-corrected chi connectivity index (χ2v) is 9.60. The molecule has 2 saturated heterocycles. The molecule has 0 spiro atoms. The Bertz CT molecular complexity index is 1060. The molecule has 0 unspecified atom stereocenters. The summed E-state index contributed by atoms with van der Waals surface area (Å²) in [5.41, 5.74) is 1.08. The van der Waals surface area contributed by atoms with Gasteiger partial charge in [0.05, 0.1) is 33.5 Å². The van der Waals surface area contributed by atoms with Gasteiger partial charge in [-0.05, 0) is 29.8 Å². The van der Waals surface area contributed by atoms with E-state index < -0.39 is 10.0 Å². The van der Waals surface area contributed by atoms with Crippen LogP contribution in [0.2, 0.25) is 0 Å². The lowest BCUT2D eigenvalue weighted by molar-refractivity contribution is 0.0729. The van der Waals surface area contributed by atoms with Crippen LogP contribution in [-0.4, -0.2) is 83.3 Å². The number of rotatable bonds is 7. The molecule has 1 aromatic carbocycles. The third kappa shape index (κ3) is 5.44. The van der Waals surface area contributed by atoms with Crippen LogP contribution in [0, 0.1) is 0 Å². The van der Waals surface area contributed by atoms with Crippen molar-refractivity contribution in [2.75, 3.05) is 64.6 Å². The zero-order chi connectivity index (χ0) is 23.3. The first kappa shape index (κ1) is 23.4. The molecule has 2 fully saturated rings. The van der Waals surface area contributed by atoms with Crippen molar-refractivity contribution in [3.8, 4) is 5.75 Å². The summed E-state index contributed by atoms with van der Waals surface area (Å²) in [7, 11) is -2.41. The van der Waals surface area contributed by atoms with Crippen molar-refractivity contribution in [2.45, 2.75) is 11.4 Å². The van der Waals surface area contributed by atoms with Crippen LogP contribution in [0.4, 0.5) is 5.82 Å². The van der Waals surface area contributed by atoms with Crippen LogP contribution in [0.5, 0.6) is 5.75 Å². The fourth-order valence-electron chi connectivity index (χ4n) is 3.73. The summed E-state index contributed by atoms with van der Waals surface area (Å²) in [5.74, 6) is 0.691. The number of anilines is 1. The first-order valence-electron chi connectivity index (χ1n) is 10.8. The van der Waals surface area contributed by atoms with E-state index in [1.807, 2.05) is 12.1 Å². The Morgan fingerprint density at radius 1 is 1.06 bits per heavy atom. The summed E-state index contributed by atoms with van der Waals surface area (Å²) >= 11 is 0. The van der Waals surface area contributed by atoms with Crippen molar-refractivity contribution >= 4 is 21.7 Å². The van der Waals surface area contributed by atoms with Crippen molar-refractivity contribution in [3.63, 3.8) is 0 Å². The highest BCUT2D eigenvalue weighted by atomic mass is 32.2. The molecular formula is C22H28N4O6S. The van der Waals surface area contributed by atoms with E-state index in [0.717, 1.165) is 24.5 Å². The van der Waals surface area contributed by atoms with Gasteiger partial charge in [-0.3, -0.25) is 4.79 Å². The maximum Gasteiger partial charge on any atom is 0.251 e.